The first-order valence-electron chi connectivity index (χ1n) is 5.20. The number of nitrogens with one attached hydrogen (secondary N) is 1. The molecule has 4 nitrogen and oxygen atoms in total. The van der Waals surface area contributed by atoms with E-state index in [1.807, 2.05) is 6.92 Å². The maximum absolute atomic E-state index is 10.1. The van der Waals surface area contributed by atoms with Crippen LogP contribution in [0.5, 0.6) is 0 Å². The van der Waals surface area contributed by atoms with Crippen molar-refractivity contribution in [3.8, 4) is 0 Å². The number of ether oxygens (including phenoxy) is 2. The van der Waals surface area contributed by atoms with Gasteiger partial charge in [-0.3, -0.25) is 0 Å². The van der Waals surface area contributed by atoms with Crippen LogP contribution in [0.2, 0.25) is 0 Å². The van der Waals surface area contributed by atoms with Crippen LogP contribution < -0.4 is 5.32 Å². The smallest absolute Gasteiger partial charge is 0.0904 e. The van der Waals surface area contributed by atoms with Crippen LogP contribution in [0.15, 0.2) is 0 Å². The summed E-state index contributed by atoms with van der Waals surface area (Å²) in [5.41, 5.74) is -0.632. The fourth-order valence-electron chi connectivity index (χ4n) is 1.62. The zero-order valence-electron chi connectivity index (χ0n) is 9.08. The second kappa shape index (κ2) is 5.66. The van der Waals surface area contributed by atoms with Crippen molar-refractivity contribution in [2.75, 3.05) is 33.4 Å². The molecule has 0 saturated carbocycles. The van der Waals surface area contributed by atoms with Gasteiger partial charge in [0.2, 0.25) is 0 Å². The molecule has 1 aliphatic heterocycles. The Labute approximate surface area is 85.6 Å². The zero-order chi connectivity index (χ0) is 10.4. The molecule has 0 aromatic heterocycles. The number of hydrogen-bond acceptors (Lipinski definition) is 4. The van der Waals surface area contributed by atoms with Gasteiger partial charge in [-0.05, 0) is 32.9 Å². The summed E-state index contributed by atoms with van der Waals surface area (Å²) in [6.07, 6.45) is 1.60. The van der Waals surface area contributed by atoms with E-state index in [4.69, 9.17) is 9.47 Å². The second-order valence-electron chi connectivity index (χ2n) is 4.05. The monoisotopic (exact) mass is 203 g/mol. The van der Waals surface area contributed by atoms with Crippen molar-refractivity contribution in [3.05, 3.63) is 0 Å². The minimum absolute atomic E-state index is 0.0545. The van der Waals surface area contributed by atoms with E-state index in [9.17, 15) is 5.11 Å². The molecule has 0 aliphatic carbocycles. The largest absolute Gasteiger partial charge is 0.387 e. The Hall–Kier alpha value is -0.160. The fraction of sp³-hybridized carbons (Fsp3) is 1.00. The standard InChI is InChI=1S/C10H21NO3/c1-9(7-13-2)14-8-10(12)3-5-11-6-4-10/h9,11-12H,3-8H2,1-2H3. The summed E-state index contributed by atoms with van der Waals surface area (Å²) in [6, 6.07) is 0. The van der Waals surface area contributed by atoms with E-state index in [1.54, 1.807) is 7.11 Å². The third-order valence-corrected chi connectivity index (χ3v) is 2.57. The molecule has 84 valence electrons. The third kappa shape index (κ3) is 3.92. The number of piperidine rings is 1. The van der Waals surface area contributed by atoms with Crippen LogP contribution in [0.1, 0.15) is 19.8 Å². The molecular weight excluding hydrogens is 182 g/mol. The first-order valence-corrected chi connectivity index (χ1v) is 5.20. The summed E-state index contributed by atoms with van der Waals surface area (Å²) in [5.74, 6) is 0. The van der Waals surface area contributed by atoms with Crippen LogP contribution >= 0.6 is 0 Å². The van der Waals surface area contributed by atoms with E-state index < -0.39 is 5.60 Å². The van der Waals surface area contributed by atoms with E-state index in [2.05, 4.69) is 5.32 Å². The van der Waals surface area contributed by atoms with E-state index in [0.29, 0.717) is 13.2 Å². The Morgan fingerprint density at radius 3 is 2.64 bits per heavy atom. The van der Waals surface area contributed by atoms with E-state index in [1.165, 1.54) is 0 Å². The Bertz CT molecular complexity index is 157. The molecule has 1 saturated heterocycles. The number of methoxy groups -OCH3 is 1. The van der Waals surface area contributed by atoms with Gasteiger partial charge >= 0.3 is 0 Å². The molecule has 1 atom stereocenters. The van der Waals surface area contributed by atoms with Gasteiger partial charge < -0.3 is 19.9 Å². The summed E-state index contributed by atoms with van der Waals surface area (Å²) in [4.78, 5) is 0. The van der Waals surface area contributed by atoms with Crippen LogP contribution in [0.4, 0.5) is 0 Å². The zero-order valence-corrected chi connectivity index (χ0v) is 9.08. The van der Waals surface area contributed by atoms with Gasteiger partial charge in [-0.2, -0.15) is 0 Å². The van der Waals surface area contributed by atoms with Gasteiger partial charge in [0, 0.05) is 7.11 Å². The van der Waals surface area contributed by atoms with Gasteiger partial charge in [0.15, 0.2) is 0 Å². The van der Waals surface area contributed by atoms with Crippen LogP contribution in [0.3, 0.4) is 0 Å². The third-order valence-electron chi connectivity index (χ3n) is 2.57. The van der Waals surface area contributed by atoms with Crippen molar-refractivity contribution >= 4 is 0 Å². The summed E-state index contributed by atoms with van der Waals surface area (Å²) >= 11 is 0. The highest BCUT2D eigenvalue weighted by Crippen LogP contribution is 2.18. The molecule has 1 rings (SSSR count). The van der Waals surface area contributed by atoms with E-state index in [0.717, 1.165) is 25.9 Å². The molecule has 0 bridgehead atoms. The van der Waals surface area contributed by atoms with Crippen LogP contribution in [0, 0.1) is 0 Å². The highest BCUT2D eigenvalue weighted by molar-refractivity contribution is 4.84. The van der Waals surface area contributed by atoms with Crippen LogP contribution in [-0.4, -0.2) is 50.2 Å². The predicted molar refractivity (Wildman–Crippen MR) is 54.3 cm³/mol. The normalized spacial score (nSPS) is 23.4. The molecule has 4 heteroatoms. The lowest BCUT2D eigenvalue weighted by Gasteiger charge is -2.33. The van der Waals surface area contributed by atoms with Crippen molar-refractivity contribution in [2.45, 2.75) is 31.5 Å². The molecular formula is C10H21NO3. The molecule has 1 fully saturated rings. The summed E-state index contributed by atoms with van der Waals surface area (Å²) < 4.78 is 10.5. The van der Waals surface area contributed by atoms with E-state index in [-0.39, 0.29) is 6.10 Å². The van der Waals surface area contributed by atoms with Crippen molar-refractivity contribution in [3.63, 3.8) is 0 Å². The first-order chi connectivity index (χ1) is 6.66. The molecule has 0 radical (unpaired) electrons. The highest BCUT2D eigenvalue weighted by Gasteiger charge is 2.29. The number of hydrogen-bond donors (Lipinski definition) is 2. The average molecular weight is 203 g/mol. The molecule has 0 spiro atoms. The molecule has 2 N–H and O–H groups in total. The summed E-state index contributed by atoms with van der Waals surface area (Å²) in [6.45, 7) is 4.69. The molecule has 0 aromatic carbocycles. The highest BCUT2D eigenvalue weighted by atomic mass is 16.5. The summed E-state index contributed by atoms with van der Waals surface area (Å²) in [5, 5.41) is 13.3. The van der Waals surface area contributed by atoms with Crippen molar-refractivity contribution in [1.29, 1.82) is 0 Å². The first kappa shape index (κ1) is 11.9. The lowest BCUT2D eigenvalue weighted by Crippen LogP contribution is -2.46. The van der Waals surface area contributed by atoms with Gasteiger partial charge in [-0.15, -0.1) is 0 Å². The van der Waals surface area contributed by atoms with Crippen molar-refractivity contribution in [2.24, 2.45) is 0 Å². The molecule has 14 heavy (non-hydrogen) atoms. The Morgan fingerprint density at radius 1 is 1.43 bits per heavy atom. The Balaban J connectivity index is 2.21. The van der Waals surface area contributed by atoms with Gasteiger partial charge in [0.05, 0.1) is 24.9 Å². The summed E-state index contributed by atoms with van der Waals surface area (Å²) in [7, 11) is 1.65. The van der Waals surface area contributed by atoms with Crippen LogP contribution in [-0.2, 0) is 9.47 Å². The van der Waals surface area contributed by atoms with Gasteiger partial charge in [-0.1, -0.05) is 0 Å². The minimum Gasteiger partial charge on any atom is -0.387 e. The quantitative estimate of drug-likeness (QED) is 0.668. The van der Waals surface area contributed by atoms with Gasteiger partial charge in [-0.25, -0.2) is 0 Å². The van der Waals surface area contributed by atoms with Crippen molar-refractivity contribution in [1.82, 2.24) is 5.32 Å². The Morgan fingerprint density at radius 2 is 2.07 bits per heavy atom. The average Bonchev–Trinajstić information content (AvgIpc) is 2.17. The maximum atomic E-state index is 10.1. The molecule has 0 aromatic rings. The maximum Gasteiger partial charge on any atom is 0.0904 e. The fourth-order valence-corrected chi connectivity index (χ4v) is 1.62. The lowest BCUT2D eigenvalue weighted by atomic mass is 9.93. The number of aliphatic hydroxyl groups is 1. The topological polar surface area (TPSA) is 50.7 Å². The predicted octanol–water partition coefficient (Wildman–Crippen LogP) is 0.152. The lowest BCUT2D eigenvalue weighted by molar-refractivity contribution is -0.0951. The van der Waals surface area contributed by atoms with Gasteiger partial charge in [0.25, 0.3) is 0 Å². The Kier molecular flexibility index (Phi) is 4.81. The minimum atomic E-state index is -0.632. The van der Waals surface area contributed by atoms with Crippen LogP contribution in [0.25, 0.3) is 0 Å². The number of rotatable bonds is 5. The molecule has 1 unspecified atom stereocenters. The van der Waals surface area contributed by atoms with Gasteiger partial charge in [0.1, 0.15) is 0 Å². The molecule has 0 amide bonds. The molecule has 1 aliphatic rings. The van der Waals surface area contributed by atoms with Crippen molar-refractivity contribution < 1.29 is 14.6 Å². The second-order valence-corrected chi connectivity index (χ2v) is 4.05. The molecule has 1 heterocycles. The SMILES string of the molecule is COCC(C)OCC1(O)CCNCC1. The van der Waals surface area contributed by atoms with E-state index >= 15 is 0 Å².